The fourth-order valence-corrected chi connectivity index (χ4v) is 5.59. The van der Waals surface area contributed by atoms with Gasteiger partial charge in [0.15, 0.2) is 11.5 Å². The molecule has 0 aliphatic heterocycles. The zero-order valence-electron chi connectivity index (χ0n) is 25.9. The Morgan fingerprint density at radius 2 is 1.43 bits per heavy atom. The number of ether oxygens (including phenoxy) is 2. The zero-order valence-corrected chi connectivity index (χ0v) is 25.9. The van der Waals surface area contributed by atoms with E-state index in [0.29, 0.717) is 22.6 Å². The lowest BCUT2D eigenvalue weighted by molar-refractivity contribution is 0.0979. The standard InChI is InChI=1S/C35H31F2N5O5/c1-17(2)42-30(29(34(39)44)32(43)28(31(42)35(40)45)18-5-9-22(36)10-6-18)20-7-11-23(25(37)14-20)24-13-21(16-41-33(24)38)19-8-12-26(46-3)27(15-19)47-4/h5-17H,1-4H3,(H2,38,41)(H2,39,44)(H2,40,45). The molecule has 0 saturated carbocycles. The van der Waals surface area contributed by atoms with Gasteiger partial charge < -0.3 is 31.2 Å². The van der Waals surface area contributed by atoms with Gasteiger partial charge in [-0.1, -0.05) is 30.3 Å². The number of nitrogens with two attached hydrogens (primary N) is 3. The molecule has 0 fully saturated rings. The van der Waals surface area contributed by atoms with Gasteiger partial charge in [-0.3, -0.25) is 14.4 Å². The number of pyridine rings is 2. The van der Waals surface area contributed by atoms with Crippen molar-refractivity contribution in [3.8, 4) is 56.1 Å². The largest absolute Gasteiger partial charge is 0.493 e. The first kappa shape index (κ1) is 32.4. The summed E-state index contributed by atoms with van der Waals surface area (Å²) in [5.74, 6) is -2.37. The van der Waals surface area contributed by atoms with E-state index < -0.39 is 40.5 Å². The molecule has 0 atom stereocenters. The first-order valence-electron chi connectivity index (χ1n) is 14.3. The molecule has 0 radical (unpaired) electrons. The fraction of sp³-hybridized carbons (Fsp3) is 0.143. The average molecular weight is 640 g/mol. The molecule has 2 heterocycles. The average Bonchev–Trinajstić information content (AvgIpc) is 3.04. The lowest BCUT2D eigenvalue weighted by Crippen LogP contribution is -2.33. The third-order valence-corrected chi connectivity index (χ3v) is 7.71. The Balaban J connectivity index is 1.73. The van der Waals surface area contributed by atoms with Crippen LogP contribution in [-0.2, 0) is 0 Å². The number of hydrogen-bond donors (Lipinski definition) is 3. The van der Waals surface area contributed by atoms with Crippen LogP contribution in [0.25, 0.3) is 44.6 Å². The minimum Gasteiger partial charge on any atom is -0.493 e. The molecule has 0 spiro atoms. The molecule has 0 unspecified atom stereocenters. The summed E-state index contributed by atoms with van der Waals surface area (Å²) in [6.45, 7) is 3.38. The summed E-state index contributed by atoms with van der Waals surface area (Å²) in [5.41, 5.74) is 17.7. The predicted octanol–water partition coefficient (Wildman–Crippen LogP) is 5.57. The van der Waals surface area contributed by atoms with Crippen molar-refractivity contribution >= 4 is 17.6 Å². The highest BCUT2D eigenvalue weighted by Gasteiger charge is 2.30. The molecule has 0 aliphatic carbocycles. The van der Waals surface area contributed by atoms with Crippen LogP contribution in [0.1, 0.15) is 40.7 Å². The molecule has 5 rings (SSSR count). The SMILES string of the molecule is COc1ccc(-c2cnc(N)c(-c3ccc(-c4c(C(N)=O)c(=O)c(-c5ccc(F)cc5)c(C(N)=O)n4C(C)C)cc3F)c2)cc1OC. The number of benzene rings is 3. The third-order valence-electron chi connectivity index (χ3n) is 7.71. The summed E-state index contributed by atoms with van der Waals surface area (Å²) >= 11 is 0. The Kier molecular flexibility index (Phi) is 8.78. The van der Waals surface area contributed by atoms with Gasteiger partial charge in [0.25, 0.3) is 11.8 Å². The van der Waals surface area contributed by atoms with E-state index in [4.69, 9.17) is 26.7 Å². The van der Waals surface area contributed by atoms with E-state index in [0.717, 1.165) is 18.2 Å². The minimum atomic E-state index is -1.11. The summed E-state index contributed by atoms with van der Waals surface area (Å²) in [7, 11) is 3.03. The molecule has 5 aromatic rings. The maximum absolute atomic E-state index is 16.1. The van der Waals surface area contributed by atoms with E-state index in [1.807, 2.05) is 0 Å². The van der Waals surface area contributed by atoms with Crippen molar-refractivity contribution in [2.24, 2.45) is 11.5 Å². The van der Waals surface area contributed by atoms with Crippen LogP contribution in [-0.4, -0.2) is 35.6 Å². The number of methoxy groups -OCH3 is 2. The highest BCUT2D eigenvalue weighted by molar-refractivity contribution is 6.05. The van der Waals surface area contributed by atoms with E-state index in [1.54, 1.807) is 44.3 Å². The number of carbonyl (C=O) groups excluding carboxylic acids is 2. The number of nitrogens with zero attached hydrogens (tertiary/aromatic N) is 2. The van der Waals surface area contributed by atoms with Crippen molar-refractivity contribution in [1.29, 1.82) is 0 Å². The fourth-order valence-electron chi connectivity index (χ4n) is 5.59. The summed E-state index contributed by atoms with van der Waals surface area (Å²) < 4.78 is 41.9. The minimum absolute atomic E-state index is 0.0532. The van der Waals surface area contributed by atoms with Gasteiger partial charge in [-0.05, 0) is 61.4 Å². The molecule has 10 nitrogen and oxygen atoms in total. The Labute approximate surface area is 268 Å². The number of carbonyl (C=O) groups is 2. The molecule has 47 heavy (non-hydrogen) atoms. The summed E-state index contributed by atoms with van der Waals surface area (Å²) in [6.07, 6.45) is 1.54. The van der Waals surface area contributed by atoms with Gasteiger partial charge in [0, 0.05) is 34.5 Å². The van der Waals surface area contributed by atoms with Gasteiger partial charge in [0.2, 0.25) is 5.43 Å². The second kappa shape index (κ2) is 12.8. The first-order valence-corrected chi connectivity index (χ1v) is 14.3. The Bertz CT molecular complexity index is 2110. The second-order valence-corrected chi connectivity index (χ2v) is 10.9. The van der Waals surface area contributed by atoms with Crippen LogP contribution >= 0.6 is 0 Å². The molecule has 2 aromatic heterocycles. The van der Waals surface area contributed by atoms with Crippen LogP contribution in [0.2, 0.25) is 0 Å². The second-order valence-electron chi connectivity index (χ2n) is 10.9. The highest BCUT2D eigenvalue weighted by atomic mass is 19.1. The molecule has 2 amide bonds. The first-order chi connectivity index (χ1) is 22.4. The number of rotatable bonds is 9. The van der Waals surface area contributed by atoms with Crippen LogP contribution in [0.15, 0.2) is 77.7 Å². The molecular weight excluding hydrogens is 608 g/mol. The summed E-state index contributed by atoms with van der Waals surface area (Å²) in [5, 5.41) is 0. The van der Waals surface area contributed by atoms with Gasteiger partial charge in [0.05, 0.1) is 25.5 Å². The lowest BCUT2D eigenvalue weighted by atomic mass is 9.93. The molecule has 0 bridgehead atoms. The van der Waals surface area contributed by atoms with Crippen molar-refractivity contribution < 1.29 is 27.8 Å². The Morgan fingerprint density at radius 1 is 0.787 bits per heavy atom. The van der Waals surface area contributed by atoms with Crippen molar-refractivity contribution in [1.82, 2.24) is 9.55 Å². The van der Waals surface area contributed by atoms with Crippen LogP contribution < -0.4 is 32.1 Å². The summed E-state index contributed by atoms with van der Waals surface area (Å²) in [6, 6.07) is 15.2. The molecule has 0 aliphatic rings. The monoisotopic (exact) mass is 639 g/mol. The topological polar surface area (TPSA) is 166 Å². The van der Waals surface area contributed by atoms with Crippen molar-refractivity contribution in [2.75, 3.05) is 20.0 Å². The van der Waals surface area contributed by atoms with E-state index in [-0.39, 0.29) is 45.0 Å². The number of halogens is 2. The van der Waals surface area contributed by atoms with Gasteiger partial charge in [-0.25, -0.2) is 13.8 Å². The highest BCUT2D eigenvalue weighted by Crippen LogP contribution is 2.38. The van der Waals surface area contributed by atoms with Gasteiger partial charge in [-0.15, -0.1) is 0 Å². The molecule has 0 saturated heterocycles. The van der Waals surface area contributed by atoms with E-state index in [2.05, 4.69) is 4.98 Å². The Hall–Kier alpha value is -6.04. The lowest BCUT2D eigenvalue weighted by Gasteiger charge is -2.25. The summed E-state index contributed by atoms with van der Waals surface area (Å²) in [4.78, 5) is 44.0. The van der Waals surface area contributed by atoms with E-state index >= 15 is 4.39 Å². The van der Waals surface area contributed by atoms with Crippen LogP contribution in [0.5, 0.6) is 11.5 Å². The van der Waals surface area contributed by atoms with Crippen LogP contribution in [0, 0.1) is 11.6 Å². The van der Waals surface area contributed by atoms with Gasteiger partial charge in [0.1, 0.15) is 28.7 Å². The van der Waals surface area contributed by atoms with Gasteiger partial charge >= 0.3 is 0 Å². The van der Waals surface area contributed by atoms with Crippen molar-refractivity contribution in [2.45, 2.75) is 19.9 Å². The molecule has 12 heteroatoms. The number of amides is 2. The predicted molar refractivity (Wildman–Crippen MR) is 175 cm³/mol. The van der Waals surface area contributed by atoms with Crippen LogP contribution in [0.3, 0.4) is 0 Å². The number of hydrogen-bond acceptors (Lipinski definition) is 7. The number of anilines is 1. The smallest absolute Gasteiger partial charge is 0.266 e. The van der Waals surface area contributed by atoms with Crippen LogP contribution in [0.4, 0.5) is 14.6 Å². The quantitative estimate of drug-likeness (QED) is 0.190. The maximum Gasteiger partial charge on any atom is 0.266 e. The normalized spacial score (nSPS) is 11.0. The van der Waals surface area contributed by atoms with Gasteiger partial charge in [-0.2, -0.15) is 0 Å². The molecule has 3 aromatic carbocycles. The van der Waals surface area contributed by atoms with Crippen molar-refractivity contribution in [3.05, 3.63) is 106 Å². The van der Waals surface area contributed by atoms with Crippen molar-refractivity contribution in [3.63, 3.8) is 0 Å². The Morgan fingerprint density at radius 3 is 2.00 bits per heavy atom. The molecule has 6 N–H and O–H groups in total. The third kappa shape index (κ3) is 5.88. The zero-order chi connectivity index (χ0) is 34.2. The van der Waals surface area contributed by atoms with E-state index in [1.165, 1.54) is 43.1 Å². The maximum atomic E-state index is 16.1. The number of primary amides is 2. The number of aromatic nitrogens is 2. The molecule has 240 valence electrons. The number of nitrogen functional groups attached to an aromatic ring is 1. The molecular formula is C35H31F2N5O5. The van der Waals surface area contributed by atoms with E-state index in [9.17, 15) is 18.8 Å².